The Hall–Kier alpha value is -3.74. The molecular weight excluding hydrogens is 392 g/mol. The fourth-order valence-corrected chi connectivity index (χ4v) is 3.13. The van der Waals surface area contributed by atoms with E-state index in [-0.39, 0.29) is 5.56 Å². The lowest BCUT2D eigenvalue weighted by molar-refractivity contribution is 0.354. The normalized spacial score (nSPS) is 11.1. The number of ether oxygens (including phenoxy) is 2. The van der Waals surface area contributed by atoms with Crippen LogP contribution in [0.3, 0.4) is 0 Å². The van der Waals surface area contributed by atoms with Crippen LogP contribution < -0.4 is 25.7 Å². The van der Waals surface area contributed by atoms with Gasteiger partial charge in [0.05, 0.1) is 20.8 Å². The maximum atomic E-state index is 11.9. The molecule has 2 aromatic carbocycles. The zero-order valence-electron chi connectivity index (χ0n) is 18.1. The van der Waals surface area contributed by atoms with Crippen molar-refractivity contribution in [1.82, 2.24) is 15.2 Å². The molecule has 7 heteroatoms. The molecule has 0 atom stereocenters. The number of nitrogens with zero attached hydrogens (tertiary/aromatic N) is 2. The van der Waals surface area contributed by atoms with E-state index in [2.05, 4.69) is 27.8 Å². The molecule has 0 spiro atoms. The quantitative estimate of drug-likeness (QED) is 0.433. The van der Waals surface area contributed by atoms with Crippen molar-refractivity contribution in [1.29, 1.82) is 0 Å². The van der Waals surface area contributed by atoms with Crippen molar-refractivity contribution < 1.29 is 9.47 Å². The van der Waals surface area contributed by atoms with Crippen LogP contribution in [0.25, 0.3) is 0 Å². The first-order valence-electron chi connectivity index (χ1n) is 10.0. The molecule has 162 valence electrons. The van der Waals surface area contributed by atoms with Crippen LogP contribution in [0, 0.1) is 0 Å². The van der Waals surface area contributed by atoms with E-state index in [0.717, 1.165) is 16.7 Å². The summed E-state index contributed by atoms with van der Waals surface area (Å²) in [4.78, 5) is 16.1. The van der Waals surface area contributed by atoms with Gasteiger partial charge in [0.2, 0.25) is 0 Å². The summed E-state index contributed by atoms with van der Waals surface area (Å²) < 4.78 is 12.3. The Kier molecular flexibility index (Phi) is 7.70. The highest BCUT2D eigenvalue weighted by molar-refractivity contribution is 5.79. The van der Waals surface area contributed by atoms with Gasteiger partial charge in [-0.05, 0) is 34.9 Å². The van der Waals surface area contributed by atoms with Crippen molar-refractivity contribution in [3.63, 3.8) is 0 Å². The first kappa shape index (κ1) is 22.0. The second-order valence-corrected chi connectivity index (χ2v) is 6.95. The fraction of sp³-hybridized carbons (Fsp3) is 0.250. The topological polar surface area (TPSA) is 76.9 Å². The predicted molar refractivity (Wildman–Crippen MR) is 123 cm³/mol. The Labute approximate surface area is 182 Å². The Balaban J connectivity index is 1.52. The van der Waals surface area contributed by atoms with Crippen LogP contribution in [-0.4, -0.2) is 31.8 Å². The number of hydrogen-bond donors (Lipinski definition) is 2. The van der Waals surface area contributed by atoms with Gasteiger partial charge in [-0.3, -0.25) is 9.79 Å². The average molecular weight is 421 g/mol. The highest BCUT2D eigenvalue weighted by atomic mass is 16.5. The van der Waals surface area contributed by atoms with E-state index in [1.807, 2.05) is 36.4 Å². The van der Waals surface area contributed by atoms with Crippen LogP contribution in [0.4, 0.5) is 0 Å². The minimum absolute atomic E-state index is 0.00223. The van der Waals surface area contributed by atoms with Crippen LogP contribution >= 0.6 is 0 Å². The average Bonchev–Trinajstić information content (AvgIpc) is 2.81. The van der Waals surface area contributed by atoms with E-state index in [1.54, 1.807) is 44.2 Å². The highest BCUT2D eigenvalue weighted by Crippen LogP contribution is 2.27. The molecule has 0 fully saturated rings. The third-order valence-corrected chi connectivity index (χ3v) is 4.87. The first-order valence-corrected chi connectivity index (χ1v) is 10.0. The van der Waals surface area contributed by atoms with E-state index in [4.69, 9.17) is 9.47 Å². The fourth-order valence-electron chi connectivity index (χ4n) is 3.13. The Morgan fingerprint density at radius 3 is 2.16 bits per heavy atom. The van der Waals surface area contributed by atoms with Crippen LogP contribution in [-0.2, 0) is 19.6 Å². The molecule has 0 aliphatic heterocycles. The summed E-state index contributed by atoms with van der Waals surface area (Å²) in [6.45, 7) is 1.80. The number of aliphatic imine (C=N–C) groups is 1. The van der Waals surface area contributed by atoms with Crippen LogP contribution in [0.5, 0.6) is 11.5 Å². The zero-order chi connectivity index (χ0) is 22.1. The minimum Gasteiger partial charge on any atom is -0.493 e. The molecule has 3 rings (SSSR count). The van der Waals surface area contributed by atoms with E-state index in [9.17, 15) is 4.79 Å². The number of aromatic nitrogens is 1. The van der Waals surface area contributed by atoms with E-state index >= 15 is 0 Å². The number of hydrogen-bond acceptors (Lipinski definition) is 4. The SMILES string of the molecule is CN=C(NCc1ccc(Cn2ccccc2=O)cc1)NCc1ccc(OC)c(OC)c1. The summed E-state index contributed by atoms with van der Waals surface area (Å²) in [5.41, 5.74) is 3.25. The van der Waals surface area contributed by atoms with Gasteiger partial charge in [0.25, 0.3) is 5.56 Å². The molecule has 0 aliphatic carbocycles. The van der Waals surface area contributed by atoms with Crippen molar-refractivity contribution in [2.75, 3.05) is 21.3 Å². The standard InChI is InChI=1S/C24H28N4O3/c1-25-24(27-16-20-11-12-21(30-2)22(14-20)31-3)26-15-18-7-9-19(10-8-18)17-28-13-5-4-6-23(28)29/h4-14H,15-17H2,1-3H3,(H2,25,26,27). The third kappa shape index (κ3) is 6.12. The second-order valence-electron chi connectivity index (χ2n) is 6.95. The predicted octanol–water partition coefficient (Wildman–Crippen LogP) is 2.78. The summed E-state index contributed by atoms with van der Waals surface area (Å²) in [5, 5.41) is 6.61. The summed E-state index contributed by atoms with van der Waals surface area (Å²) in [6, 6.07) is 19.2. The third-order valence-electron chi connectivity index (χ3n) is 4.87. The second kappa shape index (κ2) is 10.9. The molecule has 1 heterocycles. The molecule has 0 saturated carbocycles. The maximum absolute atomic E-state index is 11.9. The van der Waals surface area contributed by atoms with E-state index < -0.39 is 0 Å². The van der Waals surface area contributed by atoms with Gasteiger partial charge in [0, 0.05) is 32.4 Å². The molecule has 3 aromatic rings. The molecule has 0 saturated heterocycles. The van der Waals surface area contributed by atoms with Gasteiger partial charge in [-0.1, -0.05) is 36.4 Å². The number of pyridine rings is 1. The van der Waals surface area contributed by atoms with Crippen LogP contribution in [0.2, 0.25) is 0 Å². The highest BCUT2D eigenvalue weighted by Gasteiger charge is 2.06. The van der Waals surface area contributed by atoms with Gasteiger partial charge in [0.1, 0.15) is 0 Å². The Morgan fingerprint density at radius 2 is 1.52 bits per heavy atom. The molecular formula is C24H28N4O3. The van der Waals surface area contributed by atoms with E-state index in [0.29, 0.717) is 37.1 Å². The minimum atomic E-state index is -0.00223. The lowest BCUT2D eigenvalue weighted by atomic mass is 10.1. The summed E-state index contributed by atoms with van der Waals surface area (Å²) in [6.07, 6.45) is 1.80. The Bertz CT molecular complexity index is 1070. The van der Waals surface area contributed by atoms with Crippen molar-refractivity contribution in [3.8, 4) is 11.5 Å². The number of guanidine groups is 1. The summed E-state index contributed by atoms with van der Waals surface area (Å²) >= 11 is 0. The van der Waals surface area contributed by atoms with E-state index in [1.165, 1.54) is 0 Å². The van der Waals surface area contributed by atoms with Gasteiger partial charge in [-0.15, -0.1) is 0 Å². The molecule has 0 unspecified atom stereocenters. The van der Waals surface area contributed by atoms with Crippen molar-refractivity contribution in [2.45, 2.75) is 19.6 Å². The van der Waals surface area contributed by atoms with Crippen molar-refractivity contribution in [3.05, 3.63) is 93.9 Å². The summed E-state index contributed by atoms with van der Waals surface area (Å²) in [7, 11) is 4.99. The maximum Gasteiger partial charge on any atom is 0.250 e. The van der Waals surface area contributed by atoms with Gasteiger partial charge in [0.15, 0.2) is 17.5 Å². The van der Waals surface area contributed by atoms with Gasteiger partial charge in [-0.2, -0.15) is 0 Å². The molecule has 2 N–H and O–H groups in total. The number of nitrogens with one attached hydrogen (secondary N) is 2. The zero-order valence-corrected chi connectivity index (χ0v) is 18.1. The van der Waals surface area contributed by atoms with Crippen molar-refractivity contribution in [2.24, 2.45) is 4.99 Å². The lowest BCUT2D eigenvalue weighted by Gasteiger charge is -2.14. The molecule has 1 aromatic heterocycles. The first-order chi connectivity index (χ1) is 15.1. The molecule has 0 bridgehead atoms. The largest absolute Gasteiger partial charge is 0.493 e. The van der Waals surface area contributed by atoms with Gasteiger partial charge in [-0.25, -0.2) is 0 Å². The number of rotatable bonds is 8. The van der Waals surface area contributed by atoms with Gasteiger partial charge < -0.3 is 24.7 Å². The van der Waals surface area contributed by atoms with Crippen LogP contribution in [0.15, 0.2) is 76.6 Å². The molecule has 0 aliphatic rings. The number of methoxy groups -OCH3 is 2. The monoisotopic (exact) mass is 420 g/mol. The lowest BCUT2D eigenvalue weighted by Crippen LogP contribution is -2.36. The molecule has 7 nitrogen and oxygen atoms in total. The van der Waals surface area contributed by atoms with Gasteiger partial charge >= 0.3 is 0 Å². The Morgan fingerprint density at radius 1 is 0.871 bits per heavy atom. The molecule has 0 radical (unpaired) electrons. The molecule has 0 amide bonds. The smallest absolute Gasteiger partial charge is 0.250 e. The molecule has 31 heavy (non-hydrogen) atoms. The van der Waals surface area contributed by atoms with Crippen LogP contribution in [0.1, 0.15) is 16.7 Å². The summed E-state index contributed by atoms with van der Waals surface area (Å²) in [5.74, 6) is 2.10. The van der Waals surface area contributed by atoms with Crippen molar-refractivity contribution >= 4 is 5.96 Å². The number of benzene rings is 2.